The number of aromatic nitrogens is 1. The Morgan fingerprint density at radius 3 is 2.62 bits per heavy atom. The van der Waals surface area contributed by atoms with Gasteiger partial charge in [-0.15, -0.1) is 0 Å². The summed E-state index contributed by atoms with van der Waals surface area (Å²) in [6.45, 7) is 10.9. The lowest BCUT2D eigenvalue weighted by Gasteiger charge is -2.11. The van der Waals surface area contributed by atoms with E-state index in [0.717, 1.165) is 43.3 Å². The first kappa shape index (κ1) is 18.0. The third-order valence-corrected chi connectivity index (χ3v) is 3.48. The molecular formula is C19H28N4O. The van der Waals surface area contributed by atoms with Crippen molar-refractivity contribution in [3.8, 4) is 11.5 Å². The first-order valence-electron chi connectivity index (χ1n) is 8.62. The minimum absolute atomic E-state index is 0.549. The zero-order chi connectivity index (χ0) is 17.4. The van der Waals surface area contributed by atoms with Crippen molar-refractivity contribution in [2.75, 3.05) is 19.6 Å². The highest BCUT2D eigenvalue weighted by molar-refractivity contribution is 5.79. The molecule has 5 nitrogen and oxygen atoms in total. The van der Waals surface area contributed by atoms with Crippen LogP contribution >= 0.6 is 0 Å². The molecule has 2 aromatic rings. The van der Waals surface area contributed by atoms with E-state index in [1.165, 1.54) is 5.56 Å². The number of nitrogens with one attached hydrogen (secondary N) is 2. The predicted octanol–water partition coefficient (Wildman–Crippen LogP) is 3.40. The van der Waals surface area contributed by atoms with Crippen molar-refractivity contribution in [2.45, 2.75) is 34.1 Å². The molecule has 0 aliphatic rings. The van der Waals surface area contributed by atoms with Gasteiger partial charge in [-0.25, -0.2) is 4.98 Å². The number of aryl methyl sites for hydroxylation is 1. The average molecular weight is 328 g/mol. The van der Waals surface area contributed by atoms with Crippen LogP contribution in [-0.2, 0) is 6.42 Å². The monoisotopic (exact) mass is 328 g/mol. The summed E-state index contributed by atoms with van der Waals surface area (Å²) in [5, 5.41) is 6.59. The van der Waals surface area contributed by atoms with Crippen molar-refractivity contribution < 1.29 is 4.42 Å². The molecule has 24 heavy (non-hydrogen) atoms. The van der Waals surface area contributed by atoms with Crippen LogP contribution in [0.3, 0.4) is 0 Å². The highest BCUT2D eigenvalue weighted by atomic mass is 16.3. The van der Waals surface area contributed by atoms with E-state index in [4.69, 9.17) is 4.42 Å². The largest absolute Gasteiger partial charge is 0.444 e. The Hall–Kier alpha value is -2.30. The van der Waals surface area contributed by atoms with Gasteiger partial charge < -0.3 is 15.1 Å². The molecule has 1 aromatic heterocycles. The zero-order valence-corrected chi connectivity index (χ0v) is 15.1. The molecule has 0 bridgehead atoms. The van der Waals surface area contributed by atoms with Crippen molar-refractivity contribution in [1.82, 2.24) is 15.6 Å². The summed E-state index contributed by atoms with van der Waals surface area (Å²) in [4.78, 5) is 9.12. The van der Waals surface area contributed by atoms with Crippen molar-refractivity contribution in [2.24, 2.45) is 10.9 Å². The van der Waals surface area contributed by atoms with E-state index in [1.54, 1.807) is 6.26 Å². The summed E-state index contributed by atoms with van der Waals surface area (Å²) in [5.74, 6) is 2.08. The van der Waals surface area contributed by atoms with Crippen LogP contribution in [0.15, 0.2) is 39.9 Å². The molecule has 0 aliphatic carbocycles. The fourth-order valence-electron chi connectivity index (χ4n) is 2.18. The van der Waals surface area contributed by atoms with Crippen LogP contribution in [0.1, 0.15) is 32.0 Å². The molecular weight excluding hydrogens is 300 g/mol. The molecule has 0 amide bonds. The number of rotatable bonds is 7. The molecule has 0 radical (unpaired) electrons. The van der Waals surface area contributed by atoms with E-state index in [-0.39, 0.29) is 0 Å². The fraction of sp³-hybridized carbons (Fsp3) is 0.474. The summed E-state index contributed by atoms with van der Waals surface area (Å²) in [7, 11) is 0. The van der Waals surface area contributed by atoms with E-state index in [9.17, 15) is 0 Å². The molecule has 0 spiro atoms. The van der Waals surface area contributed by atoms with Crippen LogP contribution < -0.4 is 10.6 Å². The summed E-state index contributed by atoms with van der Waals surface area (Å²) in [6, 6.07) is 8.19. The number of guanidine groups is 1. The number of nitrogens with zero attached hydrogens (tertiary/aromatic N) is 2. The highest BCUT2D eigenvalue weighted by Gasteiger charge is 2.07. The second kappa shape index (κ2) is 9.11. The van der Waals surface area contributed by atoms with Crippen LogP contribution in [0.5, 0.6) is 0 Å². The van der Waals surface area contributed by atoms with E-state index >= 15 is 0 Å². The van der Waals surface area contributed by atoms with Crippen LogP contribution in [-0.4, -0.2) is 30.6 Å². The van der Waals surface area contributed by atoms with Gasteiger partial charge in [0, 0.05) is 31.6 Å². The smallest absolute Gasteiger partial charge is 0.226 e. The quantitative estimate of drug-likeness (QED) is 0.604. The topological polar surface area (TPSA) is 62.5 Å². The molecule has 0 aliphatic heterocycles. The Kier molecular flexibility index (Phi) is 6.85. The van der Waals surface area contributed by atoms with Crippen LogP contribution in [0.4, 0.5) is 0 Å². The maximum Gasteiger partial charge on any atom is 0.226 e. The van der Waals surface area contributed by atoms with Gasteiger partial charge in [0.15, 0.2) is 5.96 Å². The predicted molar refractivity (Wildman–Crippen MR) is 99.2 cm³/mol. The molecule has 5 heteroatoms. The fourth-order valence-corrected chi connectivity index (χ4v) is 2.18. The molecule has 130 valence electrons. The number of benzene rings is 1. The zero-order valence-electron chi connectivity index (χ0n) is 15.1. The molecule has 1 heterocycles. The highest BCUT2D eigenvalue weighted by Crippen LogP contribution is 2.19. The third kappa shape index (κ3) is 5.72. The second-order valence-corrected chi connectivity index (χ2v) is 6.30. The minimum Gasteiger partial charge on any atom is -0.444 e. The summed E-state index contributed by atoms with van der Waals surface area (Å²) >= 11 is 0. The maximum atomic E-state index is 5.59. The molecule has 2 N–H and O–H groups in total. The lowest BCUT2D eigenvalue weighted by molar-refractivity contribution is 0.572. The molecule has 0 fully saturated rings. The van der Waals surface area contributed by atoms with E-state index in [0.29, 0.717) is 11.8 Å². The van der Waals surface area contributed by atoms with Gasteiger partial charge in [-0.1, -0.05) is 31.5 Å². The Bertz CT molecular complexity index is 644. The van der Waals surface area contributed by atoms with E-state index in [2.05, 4.69) is 60.4 Å². The molecule has 0 atom stereocenters. The first-order chi connectivity index (χ1) is 11.6. The Morgan fingerprint density at radius 2 is 1.96 bits per heavy atom. The summed E-state index contributed by atoms with van der Waals surface area (Å²) in [6.07, 6.45) is 2.52. The molecule has 2 rings (SSSR count). The number of aliphatic imine (C=N–C) groups is 1. The number of oxazole rings is 1. The SMILES string of the molecule is CCNC(=NCC(C)C)NCCc1coc(-c2ccc(C)cc2)n1. The Balaban J connectivity index is 1.88. The number of hydrogen-bond donors (Lipinski definition) is 2. The van der Waals surface area contributed by atoms with Crippen molar-refractivity contribution in [3.05, 3.63) is 41.8 Å². The van der Waals surface area contributed by atoms with Gasteiger partial charge in [0.2, 0.25) is 5.89 Å². The van der Waals surface area contributed by atoms with Gasteiger partial charge in [0.05, 0.1) is 5.69 Å². The van der Waals surface area contributed by atoms with E-state index in [1.807, 2.05) is 12.1 Å². The standard InChI is InChI=1S/C19H28N4O/c1-5-20-19(22-12-14(2)3)21-11-10-17-13-24-18(23-17)16-8-6-15(4)7-9-16/h6-9,13-14H,5,10-12H2,1-4H3,(H2,20,21,22). The second-order valence-electron chi connectivity index (χ2n) is 6.30. The molecule has 1 aromatic carbocycles. The van der Waals surface area contributed by atoms with Crippen molar-refractivity contribution >= 4 is 5.96 Å². The molecule has 0 unspecified atom stereocenters. The van der Waals surface area contributed by atoms with Crippen molar-refractivity contribution in [1.29, 1.82) is 0 Å². The Morgan fingerprint density at radius 1 is 1.21 bits per heavy atom. The maximum absolute atomic E-state index is 5.59. The van der Waals surface area contributed by atoms with Crippen LogP contribution in [0.25, 0.3) is 11.5 Å². The van der Waals surface area contributed by atoms with Gasteiger partial charge in [-0.3, -0.25) is 4.99 Å². The molecule has 0 saturated carbocycles. The van der Waals surface area contributed by atoms with Gasteiger partial charge in [-0.05, 0) is 31.9 Å². The summed E-state index contributed by atoms with van der Waals surface area (Å²) in [5.41, 5.74) is 3.18. The van der Waals surface area contributed by atoms with Crippen LogP contribution in [0, 0.1) is 12.8 Å². The van der Waals surface area contributed by atoms with Gasteiger partial charge in [0.1, 0.15) is 6.26 Å². The number of hydrogen-bond acceptors (Lipinski definition) is 3. The van der Waals surface area contributed by atoms with Gasteiger partial charge in [-0.2, -0.15) is 0 Å². The lowest BCUT2D eigenvalue weighted by atomic mass is 10.1. The third-order valence-electron chi connectivity index (χ3n) is 3.48. The van der Waals surface area contributed by atoms with Crippen LogP contribution in [0.2, 0.25) is 0 Å². The normalized spacial score (nSPS) is 11.8. The van der Waals surface area contributed by atoms with Crippen molar-refractivity contribution in [3.63, 3.8) is 0 Å². The van der Waals surface area contributed by atoms with Gasteiger partial charge in [0.25, 0.3) is 0 Å². The van der Waals surface area contributed by atoms with Gasteiger partial charge >= 0.3 is 0 Å². The first-order valence-corrected chi connectivity index (χ1v) is 8.62. The Labute approximate surface area is 144 Å². The average Bonchev–Trinajstić information content (AvgIpc) is 3.02. The summed E-state index contributed by atoms with van der Waals surface area (Å²) < 4.78 is 5.59. The minimum atomic E-state index is 0.549. The van der Waals surface area contributed by atoms with E-state index < -0.39 is 0 Å². The molecule has 0 saturated heterocycles. The lowest BCUT2D eigenvalue weighted by Crippen LogP contribution is -2.38.